The van der Waals surface area contributed by atoms with Crippen molar-refractivity contribution in [2.45, 2.75) is 38.9 Å². The van der Waals surface area contributed by atoms with Gasteiger partial charge < -0.3 is 10.2 Å². The number of halogens is 3. The predicted octanol–water partition coefficient (Wildman–Crippen LogP) is 4.47. The van der Waals surface area contributed by atoms with Crippen molar-refractivity contribution in [1.82, 2.24) is 10.3 Å². The van der Waals surface area contributed by atoms with E-state index in [1.54, 1.807) is 18.2 Å². The smallest absolute Gasteiger partial charge is 0.369 e. The lowest BCUT2D eigenvalue weighted by atomic mass is 9.94. The summed E-state index contributed by atoms with van der Waals surface area (Å²) in [6.07, 6.45) is -0.817. The largest absolute Gasteiger partial charge is 0.418 e. The second-order valence-electron chi connectivity index (χ2n) is 6.93. The topological polar surface area (TPSA) is 28.2 Å². The highest BCUT2D eigenvalue weighted by atomic mass is 19.4. The molecule has 0 amide bonds. The number of alkyl halides is 3. The number of fused-ring (bicyclic) bond motifs is 1. The zero-order chi connectivity index (χ0) is 18.0. The second-order valence-corrected chi connectivity index (χ2v) is 6.93. The molecule has 3 nitrogen and oxygen atoms in total. The zero-order valence-corrected chi connectivity index (χ0v) is 14.6. The van der Waals surface area contributed by atoms with Gasteiger partial charge >= 0.3 is 6.18 Å². The number of aromatic nitrogens is 1. The van der Waals surface area contributed by atoms with Gasteiger partial charge in [0.05, 0.1) is 11.1 Å². The van der Waals surface area contributed by atoms with Crippen molar-refractivity contribution in [3.8, 4) is 0 Å². The first-order valence-corrected chi connectivity index (χ1v) is 8.83. The van der Waals surface area contributed by atoms with Gasteiger partial charge in [0.15, 0.2) is 0 Å². The SMILES string of the molecule is CCCNC1CC(C)CN(c2ccc(C(F)(F)F)c3ncccc23)C1. The Morgan fingerprint density at radius 2 is 2.04 bits per heavy atom. The molecule has 1 aromatic carbocycles. The summed E-state index contributed by atoms with van der Waals surface area (Å²) >= 11 is 0. The lowest BCUT2D eigenvalue weighted by molar-refractivity contribution is -0.136. The summed E-state index contributed by atoms with van der Waals surface area (Å²) in [6.45, 7) is 6.93. The minimum Gasteiger partial charge on any atom is -0.369 e. The van der Waals surface area contributed by atoms with E-state index in [0.29, 0.717) is 17.3 Å². The van der Waals surface area contributed by atoms with E-state index in [1.807, 2.05) is 0 Å². The lowest BCUT2D eigenvalue weighted by Gasteiger charge is -2.39. The van der Waals surface area contributed by atoms with Crippen LogP contribution in [0, 0.1) is 5.92 Å². The molecule has 0 spiro atoms. The maximum absolute atomic E-state index is 13.3. The number of pyridine rings is 1. The fourth-order valence-corrected chi connectivity index (χ4v) is 3.71. The van der Waals surface area contributed by atoms with E-state index in [-0.39, 0.29) is 5.52 Å². The number of nitrogens with one attached hydrogen (secondary N) is 1. The highest BCUT2D eigenvalue weighted by Gasteiger charge is 2.34. The molecular weight excluding hydrogens is 327 g/mol. The van der Waals surface area contributed by atoms with Crippen LogP contribution in [0.4, 0.5) is 18.9 Å². The molecule has 1 N–H and O–H groups in total. The molecule has 0 saturated carbocycles. The number of anilines is 1. The molecule has 2 atom stereocenters. The quantitative estimate of drug-likeness (QED) is 0.881. The number of nitrogens with zero attached hydrogens (tertiary/aromatic N) is 2. The Balaban J connectivity index is 1.98. The molecule has 0 radical (unpaired) electrons. The summed E-state index contributed by atoms with van der Waals surface area (Å²) in [6, 6.07) is 6.56. The normalized spacial score (nSPS) is 21.7. The van der Waals surface area contributed by atoms with E-state index in [2.05, 4.69) is 29.0 Å². The van der Waals surface area contributed by atoms with Crippen LogP contribution in [-0.4, -0.2) is 30.7 Å². The Kier molecular flexibility index (Phi) is 5.18. The fraction of sp³-hybridized carbons (Fsp3) is 0.526. The highest BCUT2D eigenvalue weighted by Crippen LogP contribution is 2.38. The minimum atomic E-state index is -4.40. The van der Waals surface area contributed by atoms with Gasteiger partial charge in [0.1, 0.15) is 0 Å². The van der Waals surface area contributed by atoms with Crippen molar-refractivity contribution < 1.29 is 13.2 Å². The summed E-state index contributed by atoms with van der Waals surface area (Å²) < 4.78 is 39.9. The minimum absolute atomic E-state index is 0.0313. The van der Waals surface area contributed by atoms with Crippen LogP contribution in [0.15, 0.2) is 30.5 Å². The lowest BCUT2D eigenvalue weighted by Crippen LogP contribution is -2.49. The molecule has 0 bridgehead atoms. The summed E-state index contributed by atoms with van der Waals surface area (Å²) in [5.74, 6) is 0.483. The Labute approximate surface area is 146 Å². The first kappa shape index (κ1) is 18.0. The third kappa shape index (κ3) is 3.89. The summed E-state index contributed by atoms with van der Waals surface area (Å²) in [4.78, 5) is 6.23. The summed E-state index contributed by atoms with van der Waals surface area (Å²) in [5, 5.41) is 4.12. The van der Waals surface area contributed by atoms with Crippen molar-refractivity contribution in [2.75, 3.05) is 24.5 Å². The molecular formula is C19H24F3N3. The third-order valence-electron chi connectivity index (χ3n) is 4.74. The number of benzene rings is 1. The molecule has 2 unspecified atom stereocenters. The fourth-order valence-electron chi connectivity index (χ4n) is 3.71. The van der Waals surface area contributed by atoms with E-state index >= 15 is 0 Å². The monoisotopic (exact) mass is 351 g/mol. The van der Waals surface area contributed by atoms with Gasteiger partial charge in [-0.2, -0.15) is 13.2 Å². The van der Waals surface area contributed by atoms with Gasteiger partial charge in [-0.25, -0.2) is 0 Å². The van der Waals surface area contributed by atoms with E-state index in [1.165, 1.54) is 12.3 Å². The van der Waals surface area contributed by atoms with Crippen LogP contribution in [0.2, 0.25) is 0 Å². The van der Waals surface area contributed by atoms with Gasteiger partial charge in [-0.1, -0.05) is 13.8 Å². The van der Waals surface area contributed by atoms with Crippen LogP contribution in [0.5, 0.6) is 0 Å². The van der Waals surface area contributed by atoms with E-state index in [0.717, 1.165) is 38.2 Å². The summed E-state index contributed by atoms with van der Waals surface area (Å²) in [5.41, 5.74) is 0.201. The van der Waals surface area contributed by atoms with Crippen molar-refractivity contribution in [1.29, 1.82) is 0 Å². The zero-order valence-electron chi connectivity index (χ0n) is 14.6. The molecule has 136 valence electrons. The van der Waals surface area contributed by atoms with Gasteiger partial charge in [0.25, 0.3) is 0 Å². The average molecular weight is 351 g/mol. The Hall–Kier alpha value is -1.82. The molecule has 1 aromatic heterocycles. The Morgan fingerprint density at radius 1 is 1.24 bits per heavy atom. The number of hydrogen-bond donors (Lipinski definition) is 1. The van der Waals surface area contributed by atoms with Gasteiger partial charge in [-0.15, -0.1) is 0 Å². The number of hydrogen-bond acceptors (Lipinski definition) is 3. The van der Waals surface area contributed by atoms with Crippen LogP contribution < -0.4 is 10.2 Å². The predicted molar refractivity (Wildman–Crippen MR) is 94.8 cm³/mol. The van der Waals surface area contributed by atoms with Gasteiger partial charge in [0.2, 0.25) is 0 Å². The maximum Gasteiger partial charge on any atom is 0.418 e. The molecule has 1 saturated heterocycles. The number of rotatable bonds is 4. The third-order valence-corrected chi connectivity index (χ3v) is 4.74. The molecule has 1 aliphatic rings. The van der Waals surface area contributed by atoms with Crippen LogP contribution in [0.25, 0.3) is 10.9 Å². The van der Waals surface area contributed by atoms with Crippen LogP contribution in [-0.2, 0) is 6.18 Å². The maximum atomic E-state index is 13.3. The molecule has 3 rings (SSSR count). The average Bonchev–Trinajstić information content (AvgIpc) is 2.57. The molecule has 6 heteroatoms. The van der Waals surface area contributed by atoms with Crippen LogP contribution >= 0.6 is 0 Å². The first-order chi connectivity index (χ1) is 11.9. The standard InChI is InChI=1S/C19H24F3N3/c1-3-8-23-14-10-13(2)11-25(12-14)17-7-6-16(19(20,21)22)18-15(17)5-4-9-24-18/h4-7,9,13-14,23H,3,8,10-12H2,1-2H3. The van der Waals surface area contributed by atoms with Crippen molar-refractivity contribution >= 4 is 16.6 Å². The first-order valence-electron chi connectivity index (χ1n) is 8.83. The van der Waals surface area contributed by atoms with Gasteiger partial charge in [-0.05, 0) is 49.6 Å². The van der Waals surface area contributed by atoms with E-state index in [9.17, 15) is 13.2 Å². The molecule has 1 aliphatic heterocycles. The molecule has 2 heterocycles. The summed E-state index contributed by atoms with van der Waals surface area (Å²) in [7, 11) is 0. The van der Waals surface area contributed by atoms with Crippen molar-refractivity contribution in [3.05, 3.63) is 36.0 Å². The second kappa shape index (κ2) is 7.20. The van der Waals surface area contributed by atoms with Crippen molar-refractivity contribution in [2.24, 2.45) is 5.92 Å². The van der Waals surface area contributed by atoms with Gasteiger partial charge in [-0.3, -0.25) is 4.98 Å². The van der Waals surface area contributed by atoms with Crippen LogP contribution in [0.1, 0.15) is 32.3 Å². The number of piperidine rings is 1. The molecule has 0 aliphatic carbocycles. The highest BCUT2D eigenvalue weighted by molar-refractivity contribution is 5.94. The molecule has 2 aromatic rings. The van der Waals surface area contributed by atoms with E-state index in [4.69, 9.17) is 0 Å². The Morgan fingerprint density at radius 3 is 2.76 bits per heavy atom. The van der Waals surface area contributed by atoms with E-state index < -0.39 is 11.7 Å². The van der Waals surface area contributed by atoms with Crippen LogP contribution in [0.3, 0.4) is 0 Å². The van der Waals surface area contributed by atoms with Crippen molar-refractivity contribution in [3.63, 3.8) is 0 Å². The van der Waals surface area contributed by atoms with Gasteiger partial charge in [0, 0.05) is 36.4 Å². The molecule has 1 fully saturated rings. The Bertz CT molecular complexity index is 729. The molecule has 25 heavy (non-hydrogen) atoms.